The summed E-state index contributed by atoms with van der Waals surface area (Å²) in [6, 6.07) is 13.6. The Morgan fingerprint density at radius 2 is 1.77 bits per heavy atom. The fourth-order valence-electron chi connectivity index (χ4n) is 3.47. The SMILES string of the molecule is CCOC(=O)C(C#N)=Cc1ccc2c(c1)c1cc(C(C)=NOC(C)=O)ccc1n2CC. The Kier molecular flexibility index (Phi) is 6.51. The number of esters is 1. The summed E-state index contributed by atoms with van der Waals surface area (Å²) >= 11 is 0. The third-order valence-corrected chi connectivity index (χ3v) is 4.86. The van der Waals surface area contributed by atoms with Crippen LogP contribution in [0.25, 0.3) is 27.9 Å². The zero-order chi connectivity index (χ0) is 22.5. The Labute approximate surface area is 180 Å². The minimum atomic E-state index is -0.638. The van der Waals surface area contributed by atoms with Crippen molar-refractivity contribution in [3.8, 4) is 6.07 Å². The number of nitriles is 1. The van der Waals surface area contributed by atoms with E-state index >= 15 is 0 Å². The molecule has 2 aromatic carbocycles. The van der Waals surface area contributed by atoms with Crippen LogP contribution in [0.2, 0.25) is 0 Å². The standard InChI is InChI=1S/C24H23N3O4/c1-5-27-22-9-7-17(11-19(14-25)24(29)30-6-2)12-20(22)21-13-18(8-10-23(21)27)15(3)26-31-16(4)28/h7-13H,5-6H2,1-4H3. The van der Waals surface area contributed by atoms with Gasteiger partial charge in [-0.2, -0.15) is 5.26 Å². The van der Waals surface area contributed by atoms with E-state index < -0.39 is 11.9 Å². The highest BCUT2D eigenvalue weighted by Crippen LogP contribution is 2.31. The third-order valence-electron chi connectivity index (χ3n) is 4.86. The highest BCUT2D eigenvalue weighted by molar-refractivity contribution is 6.12. The number of fused-ring (bicyclic) bond motifs is 3. The average molecular weight is 417 g/mol. The van der Waals surface area contributed by atoms with Crippen molar-refractivity contribution in [2.24, 2.45) is 5.16 Å². The molecule has 0 atom stereocenters. The molecule has 1 heterocycles. The maximum absolute atomic E-state index is 12.0. The molecule has 1 aromatic heterocycles. The van der Waals surface area contributed by atoms with Gasteiger partial charge >= 0.3 is 11.9 Å². The number of carbonyl (C=O) groups is 2. The Morgan fingerprint density at radius 1 is 1.10 bits per heavy atom. The summed E-state index contributed by atoms with van der Waals surface area (Å²) in [5.41, 5.74) is 4.17. The van der Waals surface area contributed by atoms with Gasteiger partial charge in [-0.1, -0.05) is 17.3 Å². The van der Waals surface area contributed by atoms with Gasteiger partial charge < -0.3 is 14.1 Å². The fraction of sp³-hybridized carbons (Fsp3) is 0.250. The number of aromatic nitrogens is 1. The molecule has 0 bridgehead atoms. The van der Waals surface area contributed by atoms with Crippen LogP contribution in [0, 0.1) is 11.3 Å². The first-order chi connectivity index (χ1) is 14.9. The number of benzene rings is 2. The number of hydrogen-bond donors (Lipinski definition) is 0. The topological polar surface area (TPSA) is 93.7 Å². The average Bonchev–Trinajstić information content (AvgIpc) is 3.08. The van der Waals surface area contributed by atoms with E-state index in [1.54, 1.807) is 13.8 Å². The van der Waals surface area contributed by atoms with E-state index in [1.807, 2.05) is 42.5 Å². The summed E-state index contributed by atoms with van der Waals surface area (Å²) in [4.78, 5) is 27.8. The fourth-order valence-corrected chi connectivity index (χ4v) is 3.47. The Bertz CT molecular complexity index is 1280. The molecule has 7 nitrogen and oxygen atoms in total. The molecule has 158 valence electrons. The summed E-state index contributed by atoms with van der Waals surface area (Å²) < 4.78 is 7.14. The maximum Gasteiger partial charge on any atom is 0.348 e. The second-order valence-electron chi connectivity index (χ2n) is 6.90. The van der Waals surface area contributed by atoms with Crippen molar-refractivity contribution in [1.29, 1.82) is 5.26 Å². The van der Waals surface area contributed by atoms with Gasteiger partial charge in [-0.05, 0) is 62.2 Å². The van der Waals surface area contributed by atoms with Crippen molar-refractivity contribution in [2.45, 2.75) is 34.2 Å². The Balaban J connectivity index is 2.17. The molecular formula is C24H23N3O4. The molecular weight excluding hydrogens is 394 g/mol. The van der Waals surface area contributed by atoms with E-state index in [9.17, 15) is 14.9 Å². The van der Waals surface area contributed by atoms with Crippen LogP contribution in [0.15, 0.2) is 47.1 Å². The number of carbonyl (C=O) groups excluding carboxylic acids is 2. The Hall–Kier alpha value is -3.92. The van der Waals surface area contributed by atoms with E-state index in [2.05, 4.69) is 16.6 Å². The van der Waals surface area contributed by atoms with Crippen molar-refractivity contribution in [1.82, 2.24) is 4.57 Å². The van der Waals surface area contributed by atoms with Gasteiger partial charge in [0.2, 0.25) is 0 Å². The number of oxime groups is 1. The van der Waals surface area contributed by atoms with Crippen molar-refractivity contribution < 1.29 is 19.2 Å². The van der Waals surface area contributed by atoms with Crippen molar-refractivity contribution in [2.75, 3.05) is 6.61 Å². The van der Waals surface area contributed by atoms with E-state index in [-0.39, 0.29) is 12.2 Å². The van der Waals surface area contributed by atoms with Gasteiger partial charge in [-0.3, -0.25) is 0 Å². The molecule has 0 aliphatic heterocycles. The number of ether oxygens (including phenoxy) is 1. The molecule has 3 rings (SSSR count). The number of nitrogens with zero attached hydrogens (tertiary/aromatic N) is 3. The minimum Gasteiger partial charge on any atom is -0.462 e. The molecule has 0 unspecified atom stereocenters. The molecule has 0 N–H and O–H groups in total. The number of aryl methyl sites for hydroxylation is 1. The van der Waals surface area contributed by atoms with Gasteiger partial charge in [-0.15, -0.1) is 0 Å². The van der Waals surface area contributed by atoms with Gasteiger partial charge in [0.25, 0.3) is 0 Å². The lowest BCUT2D eigenvalue weighted by atomic mass is 10.0. The van der Waals surface area contributed by atoms with Crippen LogP contribution in [-0.2, 0) is 25.7 Å². The first kappa shape index (κ1) is 21.8. The molecule has 0 saturated carbocycles. The van der Waals surface area contributed by atoms with Crippen LogP contribution in [0.4, 0.5) is 0 Å². The maximum atomic E-state index is 12.0. The highest BCUT2D eigenvalue weighted by atomic mass is 16.7. The summed E-state index contributed by atoms with van der Waals surface area (Å²) in [5, 5.41) is 15.2. The van der Waals surface area contributed by atoms with Gasteiger partial charge in [0.1, 0.15) is 11.6 Å². The molecule has 0 fully saturated rings. The zero-order valence-corrected chi connectivity index (χ0v) is 17.9. The van der Waals surface area contributed by atoms with Crippen molar-refractivity contribution >= 4 is 45.5 Å². The zero-order valence-electron chi connectivity index (χ0n) is 17.9. The highest BCUT2D eigenvalue weighted by Gasteiger charge is 2.14. The van der Waals surface area contributed by atoms with Crippen molar-refractivity contribution in [3.05, 3.63) is 53.1 Å². The predicted molar refractivity (Wildman–Crippen MR) is 119 cm³/mol. The lowest BCUT2D eigenvalue weighted by molar-refractivity contribution is -0.141. The van der Waals surface area contributed by atoms with E-state index in [1.165, 1.54) is 13.0 Å². The molecule has 7 heteroatoms. The van der Waals surface area contributed by atoms with Gasteiger partial charge in [0.05, 0.1) is 12.3 Å². The quantitative estimate of drug-likeness (QED) is 0.146. The smallest absolute Gasteiger partial charge is 0.348 e. The first-order valence-electron chi connectivity index (χ1n) is 9.97. The van der Waals surface area contributed by atoms with Gasteiger partial charge in [0, 0.05) is 35.3 Å². The van der Waals surface area contributed by atoms with Crippen LogP contribution >= 0.6 is 0 Å². The summed E-state index contributed by atoms with van der Waals surface area (Å²) in [5.74, 6) is -1.12. The van der Waals surface area contributed by atoms with E-state index in [0.717, 1.165) is 39.5 Å². The summed E-state index contributed by atoms with van der Waals surface area (Å²) in [6.45, 7) is 7.83. The van der Waals surface area contributed by atoms with Crippen LogP contribution in [0.5, 0.6) is 0 Å². The van der Waals surface area contributed by atoms with Crippen molar-refractivity contribution in [3.63, 3.8) is 0 Å². The number of hydrogen-bond acceptors (Lipinski definition) is 6. The molecule has 0 radical (unpaired) electrons. The lowest BCUT2D eigenvalue weighted by Gasteiger charge is -2.04. The Morgan fingerprint density at radius 3 is 2.39 bits per heavy atom. The van der Waals surface area contributed by atoms with Crippen LogP contribution < -0.4 is 0 Å². The molecule has 0 amide bonds. The van der Waals surface area contributed by atoms with Crippen LogP contribution in [0.1, 0.15) is 38.8 Å². The molecule has 3 aromatic rings. The van der Waals surface area contributed by atoms with E-state index in [4.69, 9.17) is 9.57 Å². The summed E-state index contributed by atoms with van der Waals surface area (Å²) in [7, 11) is 0. The third kappa shape index (κ3) is 4.48. The molecule has 0 saturated heterocycles. The first-order valence-corrected chi connectivity index (χ1v) is 9.97. The van der Waals surface area contributed by atoms with Crippen LogP contribution in [0.3, 0.4) is 0 Å². The van der Waals surface area contributed by atoms with Gasteiger partial charge in [-0.25, -0.2) is 9.59 Å². The molecule has 0 aliphatic rings. The second-order valence-corrected chi connectivity index (χ2v) is 6.90. The van der Waals surface area contributed by atoms with E-state index in [0.29, 0.717) is 5.71 Å². The van der Waals surface area contributed by atoms with Gasteiger partial charge in [0.15, 0.2) is 0 Å². The molecule has 0 aliphatic carbocycles. The monoisotopic (exact) mass is 417 g/mol. The lowest BCUT2D eigenvalue weighted by Crippen LogP contribution is -2.05. The molecule has 31 heavy (non-hydrogen) atoms. The largest absolute Gasteiger partial charge is 0.462 e. The summed E-state index contributed by atoms with van der Waals surface area (Å²) in [6.07, 6.45) is 1.53. The minimum absolute atomic E-state index is 0.0505. The van der Waals surface area contributed by atoms with Crippen LogP contribution in [-0.4, -0.2) is 28.8 Å². The normalized spacial score (nSPS) is 12.1. The molecule has 0 spiro atoms. The predicted octanol–water partition coefficient (Wildman–Crippen LogP) is 4.57. The second kappa shape index (κ2) is 9.26. The number of rotatable bonds is 6.